The third-order valence-electron chi connectivity index (χ3n) is 5.27. The summed E-state index contributed by atoms with van der Waals surface area (Å²) in [5.41, 5.74) is 0. The van der Waals surface area contributed by atoms with E-state index in [0.717, 1.165) is 18.0 Å². The quantitative estimate of drug-likeness (QED) is 0.774. The third-order valence-corrected chi connectivity index (χ3v) is 5.27. The van der Waals surface area contributed by atoms with Gasteiger partial charge in [-0.05, 0) is 71.1 Å². The van der Waals surface area contributed by atoms with Gasteiger partial charge in [0.15, 0.2) is 0 Å². The number of hydrogen-bond acceptors (Lipinski definition) is 3. The Kier molecular flexibility index (Phi) is 6.79. The summed E-state index contributed by atoms with van der Waals surface area (Å²) in [6, 6.07) is 1.46. The lowest BCUT2D eigenvalue weighted by atomic mass is 9.82. The number of nitrogens with zero attached hydrogens (tertiary/aromatic N) is 2. The first-order chi connectivity index (χ1) is 9.70. The summed E-state index contributed by atoms with van der Waals surface area (Å²) in [7, 11) is 2.35. The molecule has 1 heterocycles. The van der Waals surface area contributed by atoms with Crippen molar-refractivity contribution in [1.82, 2.24) is 15.1 Å². The molecule has 3 nitrogen and oxygen atoms in total. The number of hydrogen-bond donors (Lipinski definition) is 1. The van der Waals surface area contributed by atoms with Crippen molar-refractivity contribution in [3.63, 3.8) is 0 Å². The second-order valence-corrected chi connectivity index (χ2v) is 7.08. The van der Waals surface area contributed by atoms with Crippen LogP contribution in [0.15, 0.2) is 0 Å². The predicted molar refractivity (Wildman–Crippen MR) is 87.2 cm³/mol. The summed E-state index contributed by atoms with van der Waals surface area (Å²) in [6.07, 6.45) is 8.20. The van der Waals surface area contributed by atoms with Gasteiger partial charge < -0.3 is 15.1 Å². The van der Waals surface area contributed by atoms with E-state index in [1.165, 1.54) is 71.2 Å². The van der Waals surface area contributed by atoms with Crippen molar-refractivity contribution in [2.75, 3.05) is 39.8 Å². The zero-order valence-electron chi connectivity index (χ0n) is 13.9. The zero-order chi connectivity index (χ0) is 14.4. The molecule has 0 radical (unpaired) electrons. The molecule has 1 aliphatic carbocycles. The number of nitrogens with one attached hydrogen (secondary N) is 1. The molecule has 0 aromatic heterocycles. The fourth-order valence-corrected chi connectivity index (χ4v) is 3.88. The molecule has 118 valence electrons. The molecule has 2 aliphatic rings. The summed E-state index contributed by atoms with van der Waals surface area (Å²) in [4.78, 5) is 5.28. The smallest absolute Gasteiger partial charge is 0.0249 e. The topological polar surface area (TPSA) is 18.5 Å². The third kappa shape index (κ3) is 4.71. The first kappa shape index (κ1) is 16.3. The van der Waals surface area contributed by atoms with Crippen LogP contribution in [0.5, 0.6) is 0 Å². The minimum atomic E-state index is 0.717. The van der Waals surface area contributed by atoms with E-state index < -0.39 is 0 Å². The maximum atomic E-state index is 3.80. The van der Waals surface area contributed by atoms with Gasteiger partial charge in [-0.1, -0.05) is 13.8 Å². The molecule has 20 heavy (non-hydrogen) atoms. The van der Waals surface area contributed by atoms with E-state index >= 15 is 0 Å². The van der Waals surface area contributed by atoms with Crippen LogP contribution < -0.4 is 5.32 Å². The molecule has 0 aromatic carbocycles. The van der Waals surface area contributed by atoms with Crippen molar-refractivity contribution in [2.24, 2.45) is 5.92 Å². The van der Waals surface area contributed by atoms with Crippen molar-refractivity contribution < 1.29 is 0 Å². The van der Waals surface area contributed by atoms with Gasteiger partial charge in [0.05, 0.1) is 0 Å². The fraction of sp³-hybridized carbons (Fsp3) is 1.00. The zero-order valence-corrected chi connectivity index (χ0v) is 13.9. The van der Waals surface area contributed by atoms with E-state index in [1.54, 1.807) is 0 Å². The Hall–Kier alpha value is -0.120. The van der Waals surface area contributed by atoms with E-state index in [4.69, 9.17) is 0 Å². The van der Waals surface area contributed by atoms with Gasteiger partial charge in [-0.25, -0.2) is 0 Å². The van der Waals surface area contributed by atoms with Gasteiger partial charge in [-0.3, -0.25) is 0 Å². The van der Waals surface area contributed by atoms with Gasteiger partial charge >= 0.3 is 0 Å². The van der Waals surface area contributed by atoms with Gasteiger partial charge in [-0.15, -0.1) is 0 Å². The first-order valence-corrected chi connectivity index (χ1v) is 8.86. The highest BCUT2D eigenvalue weighted by Gasteiger charge is 2.31. The Morgan fingerprint density at radius 2 is 1.95 bits per heavy atom. The van der Waals surface area contributed by atoms with Gasteiger partial charge in [0.25, 0.3) is 0 Å². The lowest BCUT2D eigenvalue weighted by molar-refractivity contribution is 0.114. The molecule has 0 amide bonds. The van der Waals surface area contributed by atoms with Gasteiger partial charge in [0.2, 0.25) is 0 Å². The molecule has 0 bridgehead atoms. The van der Waals surface area contributed by atoms with Crippen LogP contribution in [0.1, 0.15) is 52.4 Å². The predicted octanol–water partition coefficient (Wildman–Crippen LogP) is 2.57. The Balaban J connectivity index is 1.80. The van der Waals surface area contributed by atoms with E-state index in [2.05, 4.69) is 36.0 Å². The molecule has 0 spiro atoms. The van der Waals surface area contributed by atoms with E-state index in [-0.39, 0.29) is 0 Å². The van der Waals surface area contributed by atoms with Gasteiger partial charge in [0, 0.05) is 25.2 Å². The van der Waals surface area contributed by atoms with Gasteiger partial charge in [0.1, 0.15) is 0 Å². The monoisotopic (exact) mass is 281 g/mol. The Labute approximate surface area is 126 Å². The molecule has 1 aliphatic heterocycles. The molecule has 1 N–H and O–H groups in total. The largest absolute Gasteiger partial charge is 0.312 e. The minimum Gasteiger partial charge on any atom is -0.312 e. The molecule has 3 unspecified atom stereocenters. The minimum absolute atomic E-state index is 0.717. The van der Waals surface area contributed by atoms with E-state index in [9.17, 15) is 0 Å². The molecule has 3 atom stereocenters. The Morgan fingerprint density at radius 1 is 1.20 bits per heavy atom. The second-order valence-electron chi connectivity index (χ2n) is 7.08. The van der Waals surface area contributed by atoms with Crippen LogP contribution in [-0.2, 0) is 0 Å². The molecule has 1 saturated carbocycles. The Morgan fingerprint density at radius 3 is 2.65 bits per heavy atom. The van der Waals surface area contributed by atoms with Crippen LogP contribution in [0.4, 0.5) is 0 Å². The molecule has 2 rings (SSSR count). The average molecular weight is 281 g/mol. The van der Waals surface area contributed by atoms with Crippen molar-refractivity contribution in [2.45, 2.75) is 64.5 Å². The maximum Gasteiger partial charge on any atom is 0.0249 e. The van der Waals surface area contributed by atoms with E-state index in [1.807, 2.05) is 0 Å². The lowest BCUT2D eigenvalue weighted by Gasteiger charge is -2.41. The molecule has 0 aromatic rings. The SMILES string of the molecule is CCCNC1CCC(C)CC1N(C)CCN1CCCC1. The van der Waals surface area contributed by atoms with Crippen LogP contribution >= 0.6 is 0 Å². The van der Waals surface area contributed by atoms with Crippen molar-refractivity contribution in [3.05, 3.63) is 0 Å². The van der Waals surface area contributed by atoms with E-state index in [0.29, 0.717) is 0 Å². The number of rotatable bonds is 7. The maximum absolute atomic E-state index is 3.80. The molecular formula is C17H35N3. The van der Waals surface area contributed by atoms with Crippen LogP contribution in [0.3, 0.4) is 0 Å². The summed E-state index contributed by atoms with van der Waals surface area (Å²) >= 11 is 0. The number of likely N-dealkylation sites (tertiary alicyclic amines) is 1. The number of likely N-dealkylation sites (N-methyl/N-ethyl adjacent to an activating group) is 1. The lowest BCUT2D eigenvalue weighted by Crippen LogP contribution is -2.53. The van der Waals surface area contributed by atoms with Crippen LogP contribution in [-0.4, -0.2) is 61.7 Å². The Bertz CT molecular complexity index is 261. The highest BCUT2D eigenvalue weighted by molar-refractivity contribution is 4.89. The van der Waals surface area contributed by atoms with Crippen molar-refractivity contribution in [3.8, 4) is 0 Å². The molecule has 2 fully saturated rings. The molecular weight excluding hydrogens is 246 g/mol. The summed E-state index contributed by atoms with van der Waals surface area (Å²) in [5, 5.41) is 3.80. The van der Waals surface area contributed by atoms with Crippen LogP contribution in [0.25, 0.3) is 0 Å². The first-order valence-electron chi connectivity index (χ1n) is 8.86. The highest BCUT2D eigenvalue weighted by Crippen LogP contribution is 2.27. The highest BCUT2D eigenvalue weighted by atomic mass is 15.2. The van der Waals surface area contributed by atoms with Crippen LogP contribution in [0, 0.1) is 5.92 Å². The molecule has 1 saturated heterocycles. The fourth-order valence-electron chi connectivity index (χ4n) is 3.88. The standard InChI is InChI=1S/C17H35N3/c1-4-9-18-16-8-7-15(2)14-17(16)19(3)12-13-20-10-5-6-11-20/h15-18H,4-14H2,1-3H3. The summed E-state index contributed by atoms with van der Waals surface area (Å²) in [5.74, 6) is 0.897. The average Bonchev–Trinajstić information content (AvgIpc) is 2.96. The second kappa shape index (κ2) is 8.35. The molecule has 3 heteroatoms. The van der Waals surface area contributed by atoms with Gasteiger partial charge in [-0.2, -0.15) is 0 Å². The van der Waals surface area contributed by atoms with Crippen molar-refractivity contribution in [1.29, 1.82) is 0 Å². The van der Waals surface area contributed by atoms with Crippen molar-refractivity contribution >= 4 is 0 Å². The normalized spacial score (nSPS) is 32.1. The van der Waals surface area contributed by atoms with Crippen LogP contribution in [0.2, 0.25) is 0 Å². The summed E-state index contributed by atoms with van der Waals surface area (Å²) in [6.45, 7) is 11.0. The summed E-state index contributed by atoms with van der Waals surface area (Å²) < 4.78 is 0.